The lowest BCUT2D eigenvalue weighted by Crippen LogP contribution is -2.26. The summed E-state index contributed by atoms with van der Waals surface area (Å²) in [6.45, 7) is 4.33. The molecular formula is C18H20ClFN2O3S. The van der Waals surface area contributed by atoms with Crippen molar-refractivity contribution in [2.24, 2.45) is 5.92 Å². The summed E-state index contributed by atoms with van der Waals surface area (Å²) in [7, 11) is -3.70. The molecule has 0 atom stereocenters. The van der Waals surface area contributed by atoms with Gasteiger partial charge in [-0.2, -0.15) is 0 Å². The fourth-order valence-electron chi connectivity index (χ4n) is 2.15. The Kier molecular flexibility index (Phi) is 6.75. The fraction of sp³-hybridized carbons (Fsp3) is 0.278. The van der Waals surface area contributed by atoms with Crippen LogP contribution in [0.5, 0.6) is 0 Å². The summed E-state index contributed by atoms with van der Waals surface area (Å²) in [5.74, 6) is -0.741. The van der Waals surface area contributed by atoms with Crippen LogP contribution in [0.3, 0.4) is 0 Å². The van der Waals surface area contributed by atoms with Gasteiger partial charge in [-0.1, -0.05) is 31.5 Å². The topological polar surface area (TPSA) is 75.3 Å². The molecule has 5 nitrogen and oxygen atoms in total. The SMILES string of the molecule is CC(C)CCNS(=O)(=O)c1cccc(C(=O)Nc2ccc(F)c(Cl)c2)c1. The lowest BCUT2D eigenvalue weighted by atomic mass is 10.1. The number of amides is 1. The quantitative estimate of drug-likeness (QED) is 0.738. The number of hydrogen-bond acceptors (Lipinski definition) is 3. The van der Waals surface area contributed by atoms with Crippen LogP contribution in [-0.2, 0) is 10.0 Å². The highest BCUT2D eigenvalue weighted by molar-refractivity contribution is 7.89. The molecule has 2 aromatic rings. The van der Waals surface area contributed by atoms with Crippen LogP contribution in [0.25, 0.3) is 0 Å². The third-order valence-electron chi connectivity index (χ3n) is 3.60. The molecule has 0 heterocycles. The largest absolute Gasteiger partial charge is 0.322 e. The third-order valence-corrected chi connectivity index (χ3v) is 5.35. The molecule has 0 aromatic heterocycles. The van der Waals surface area contributed by atoms with Gasteiger partial charge in [0.1, 0.15) is 5.82 Å². The lowest BCUT2D eigenvalue weighted by Gasteiger charge is -2.10. The minimum Gasteiger partial charge on any atom is -0.322 e. The van der Waals surface area contributed by atoms with E-state index in [4.69, 9.17) is 11.6 Å². The highest BCUT2D eigenvalue weighted by atomic mass is 35.5. The number of nitrogens with one attached hydrogen (secondary N) is 2. The molecule has 26 heavy (non-hydrogen) atoms. The Morgan fingerprint density at radius 1 is 1.19 bits per heavy atom. The van der Waals surface area contributed by atoms with Gasteiger partial charge in [-0.25, -0.2) is 17.5 Å². The van der Waals surface area contributed by atoms with Crippen molar-refractivity contribution in [3.8, 4) is 0 Å². The van der Waals surface area contributed by atoms with Crippen LogP contribution >= 0.6 is 11.6 Å². The monoisotopic (exact) mass is 398 g/mol. The average Bonchev–Trinajstić information content (AvgIpc) is 2.58. The molecule has 0 aliphatic carbocycles. The number of carbonyl (C=O) groups excluding carboxylic acids is 1. The predicted octanol–water partition coefficient (Wildman–Crippen LogP) is 4.06. The zero-order valence-corrected chi connectivity index (χ0v) is 16.0. The second-order valence-electron chi connectivity index (χ2n) is 6.19. The highest BCUT2D eigenvalue weighted by Crippen LogP contribution is 2.20. The van der Waals surface area contributed by atoms with Crippen molar-refractivity contribution < 1.29 is 17.6 Å². The number of sulfonamides is 1. The van der Waals surface area contributed by atoms with Crippen LogP contribution in [0.15, 0.2) is 47.4 Å². The summed E-state index contributed by atoms with van der Waals surface area (Å²) >= 11 is 5.69. The summed E-state index contributed by atoms with van der Waals surface area (Å²) in [5.41, 5.74) is 0.474. The van der Waals surface area contributed by atoms with Crippen LogP contribution in [0.1, 0.15) is 30.6 Å². The number of carbonyl (C=O) groups is 1. The van der Waals surface area contributed by atoms with E-state index in [1.807, 2.05) is 13.8 Å². The normalized spacial score (nSPS) is 11.6. The zero-order valence-electron chi connectivity index (χ0n) is 14.4. The number of hydrogen-bond donors (Lipinski definition) is 2. The molecule has 0 saturated heterocycles. The van der Waals surface area contributed by atoms with Gasteiger partial charge in [0, 0.05) is 17.8 Å². The van der Waals surface area contributed by atoms with Gasteiger partial charge >= 0.3 is 0 Å². The predicted molar refractivity (Wildman–Crippen MR) is 100 cm³/mol. The van der Waals surface area contributed by atoms with Crippen molar-refractivity contribution >= 4 is 33.2 Å². The summed E-state index contributed by atoms with van der Waals surface area (Å²) in [4.78, 5) is 12.3. The first-order chi connectivity index (χ1) is 12.2. The second-order valence-corrected chi connectivity index (χ2v) is 8.37. The maximum atomic E-state index is 13.2. The van der Waals surface area contributed by atoms with E-state index in [0.717, 1.165) is 6.07 Å². The summed E-state index contributed by atoms with van der Waals surface area (Å²) in [6.07, 6.45) is 0.713. The number of halogens is 2. The second kappa shape index (κ2) is 8.62. The average molecular weight is 399 g/mol. The van der Waals surface area contributed by atoms with Crippen molar-refractivity contribution in [3.05, 3.63) is 58.9 Å². The Labute approximate surface area is 157 Å². The molecule has 0 spiro atoms. The van der Waals surface area contributed by atoms with Crippen molar-refractivity contribution in [3.63, 3.8) is 0 Å². The molecule has 0 unspecified atom stereocenters. The summed E-state index contributed by atoms with van der Waals surface area (Å²) < 4.78 is 40.3. The molecule has 2 aromatic carbocycles. The Hall–Kier alpha value is -1.96. The molecular weight excluding hydrogens is 379 g/mol. The molecule has 2 rings (SSSR count). The number of benzene rings is 2. The molecule has 140 valence electrons. The molecule has 0 saturated carbocycles. The Balaban J connectivity index is 2.14. The molecule has 2 N–H and O–H groups in total. The molecule has 8 heteroatoms. The first-order valence-corrected chi connectivity index (χ1v) is 9.91. The van der Waals surface area contributed by atoms with Crippen LogP contribution in [0.4, 0.5) is 10.1 Å². The van der Waals surface area contributed by atoms with Crippen molar-refractivity contribution in [1.29, 1.82) is 0 Å². The van der Waals surface area contributed by atoms with E-state index in [1.54, 1.807) is 0 Å². The first-order valence-electron chi connectivity index (χ1n) is 8.05. The van der Waals surface area contributed by atoms with Crippen LogP contribution in [0.2, 0.25) is 5.02 Å². The van der Waals surface area contributed by atoms with Gasteiger partial charge < -0.3 is 5.32 Å². The van der Waals surface area contributed by atoms with Gasteiger partial charge in [-0.15, -0.1) is 0 Å². The standard InChI is InChI=1S/C18H20ClFN2O3S/c1-12(2)8-9-21-26(24,25)15-5-3-4-13(10-15)18(23)22-14-6-7-17(20)16(19)11-14/h3-7,10-12,21H,8-9H2,1-2H3,(H,22,23). The molecule has 0 fully saturated rings. The van der Waals surface area contributed by atoms with E-state index in [1.165, 1.54) is 36.4 Å². The van der Waals surface area contributed by atoms with E-state index in [2.05, 4.69) is 10.0 Å². The smallest absolute Gasteiger partial charge is 0.255 e. The van der Waals surface area contributed by atoms with Crippen LogP contribution in [0, 0.1) is 11.7 Å². The Morgan fingerprint density at radius 3 is 2.58 bits per heavy atom. The maximum Gasteiger partial charge on any atom is 0.255 e. The van der Waals surface area contributed by atoms with Gasteiger partial charge in [0.25, 0.3) is 5.91 Å². The van der Waals surface area contributed by atoms with Gasteiger partial charge in [0.2, 0.25) is 10.0 Å². The first kappa shape index (κ1) is 20.4. The molecule has 0 radical (unpaired) electrons. The zero-order chi connectivity index (χ0) is 19.3. The highest BCUT2D eigenvalue weighted by Gasteiger charge is 2.16. The van der Waals surface area contributed by atoms with Gasteiger partial charge in [-0.3, -0.25) is 4.79 Å². The van der Waals surface area contributed by atoms with Gasteiger partial charge in [0.15, 0.2) is 0 Å². The van der Waals surface area contributed by atoms with E-state index in [0.29, 0.717) is 24.6 Å². The van der Waals surface area contributed by atoms with E-state index < -0.39 is 21.7 Å². The molecule has 1 amide bonds. The van der Waals surface area contributed by atoms with E-state index in [9.17, 15) is 17.6 Å². The third kappa shape index (κ3) is 5.52. The van der Waals surface area contributed by atoms with Crippen molar-refractivity contribution in [2.75, 3.05) is 11.9 Å². The van der Waals surface area contributed by atoms with Crippen LogP contribution < -0.4 is 10.0 Å². The van der Waals surface area contributed by atoms with Gasteiger partial charge in [-0.05, 0) is 48.7 Å². The maximum absolute atomic E-state index is 13.2. The van der Waals surface area contributed by atoms with Crippen molar-refractivity contribution in [2.45, 2.75) is 25.2 Å². The minimum absolute atomic E-state index is 0.00560. The molecule has 0 aliphatic heterocycles. The molecule has 0 bridgehead atoms. The molecule has 0 aliphatic rings. The number of anilines is 1. The van der Waals surface area contributed by atoms with Gasteiger partial charge in [0.05, 0.1) is 9.92 Å². The van der Waals surface area contributed by atoms with E-state index >= 15 is 0 Å². The Bertz CT molecular complexity index is 901. The summed E-state index contributed by atoms with van der Waals surface area (Å²) in [6, 6.07) is 9.48. The summed E-state index contributed by atoms with van der Waals surface area (Å²) in [5, 5.41) is 2.44. The lowest BCUT2D eigenvalue weighted by molar-refractivity contribution is 0.102. The Morgan fingerprint density at radius 2 is 1.92 bits per heavy atom. The fourth-order valence-corrected chi connectivity index (χ4v) is 3.42. The minimum atomic E-state index is -3.70. The van der Waals surface area contributed by atoms with Crippen LogP contribution in [-0.4, -0.2) is 20.9 Å². The van der Waals surface area contributed by atoms with E-state index in [-0.39, 0.29) is 15.5 Å². The number of rotatable bonds is 7. The van der Waals surface area contributed by atoms with Crippen molar-refractivity contribution in [1.82, 2.24) is 4.72 Å².